The molecule has 7 nitrogen and oxygen atoms in total. The third-order valence-corrected chi connectivity index (χ3v) is 6.18. The molecule has 3 N–H and O–H groups in total. The van der Waals surface area contributed by atoms with Crippen molar-refractivity contribution in [3.8, 4) is 5.69 Å². The quantitative estimate of drug-likeness (QED) is 0.442. The van der Waals surface area contributed by atoms with Crippen molar-refractivity contribution in [1.82, 2.24) is 25.7 Å². The Morgan fingerprint density at radius 2 is 1.81 bits per heavy atom. The number of aryl methyl sites for hydroxylation is 1. The minimum absolute atomic E-state index is 0.193. The van der Waals surface area contributed by atoms with Crippen molar-refractivity contribution in [2.75, 3.05) is 13.1 Å². The van der Waals surface area contributed by atoms with Crippen molar-refractivity contribution in [1.29, 1.82) is 0 Å². The number of thiophene rings is 1. The Morgan fingerprint density at radius 3 is 2.45 bits per heavy atom. The van der Waals surface area contributed by atoms with Gasteiger partial charge < -0.3 is 16.0 Å². The number of nitrogens with one attached hydrogen (secondary N) is 3. The highest BCUT2D eigenvalue weighted by Crippen LogP contribution is 2.32. The molecular weight excluding hydrogens is 457 g/mol. The normalized spacial score (nSPS) is 11.5. The van der Waals surface area contributed by atoms with Gasteiger partial charge in [0.25, 0.3) is 5.91 Å². The van der Waals surface area contributed by atoms with Crippen LogP contribution in [0, 0.1) is 0 Å². The molecule has 3 rings (SSSR count). The smallest absolute Gasteiger partial charge is 0.315 e. The fourth-order valence-corrected chi connectivity index (χ4v) is 4.32. The number of rotatable bonds is 6. The van der Waals surface area contributed by atoms with Crippen molar-refractivity contribution in [3.63, 3.8) is 0 Å². The Morgan fingerprint density at radius 1 is 1.10 bits per heavy atom. The lowest BCUT2D eigenvalue weighted by atomic mass is 10.1. The highest BCUT2D eigenvalue weighted by molar-refractivity contribution is 7.20. The summed E-state index contributed by atoms with van der Waals surface area (Å²) in [6, 6.07) is 6.91. The van der Waals surface area contributed by atoms with E-state index in [1.54, 1.807) is 16.8 Å². The maximum Gasteiger partial charge on any atom is 0.315 e. The fraction of sp³-hybridized carbons (Fsp3) is 0.381. The summed E-state index contributed by atoms with van der Waals surface area (Å²) in [6.07, 6.45) is 0.732. The molecule has 31 heavy (non-hydrogen) atoms. The number of nitrogens with zero attached hydrogens (tertiary/aromatic N) is 2. The molecule has 0 atom stereocenters. The number of benzene rings is 1. The molecule has 0 aliphatic heterocycles. The van der Waals surface area contributed by atoms with Gasteiger partial charge in [-0.1, -0.05) is 30.1 Å². The summed E-state index contributed by atoms with van der Waals surface area (Å²) in [5.74, 6) is -0.193. The van der Waals surface area contributed by atoms with Gasteiger partial charge in [0.1, 0.15) is 4.83 Å². The van der Waals surface area contributed by atoms with Crippen LogP contribution >= 0.6 is 34.5 Å². The maximum atomic E-state index is 12.6. The lowest BCUT2D eigenvalue weighted by Crippen LogP contribution is -2.48. The van der Waals surface area contributed by atoms with Gasteiger partial charge in [-0.2, -0.15) is 5.10 Å². The second-order valence-corrected chi connectivity index (χ2v) is 9.87. The largest absolute Gasteiger partial charge is 0.350 e. The predicted octanol–water partition coefficient (Wildman–Crippen LogP) is 4.78. The van der Waals surface area contributed by atoms with Crippen LogP contribution < -0.4 is 16.0 Å². The van der Waals surface area contributed by atoms with E-state index in [9.17, 15) is 9.59 Å². The topological polar surface area (TPSA) is 88.1 Å². The van der Waals surface area contributed by atoms with Gasteiger partial charge in [-0.3, -0.25) is 4.79 Å². The summed E-state index contributed by atoms with van der Waals surface area (Å²) >= 11 is 13.6. The Balaban J connectivity index is 1.72. The number of urea groups is 1. The number of aromatic nitrogens is 2. The molecule has 2 aromatic heterocycles. The summed E-state index contributed by atoms with van der Waals surface area (Å²) in [6.45, 7) is 8.38. The molecule has 10 heteroatoms. The Labute approximate surface area is 195 Å². The summed E-state index contributed by atoms with van der Waals surface area (Å²) in [7, 11) is 0. The Hall–Kier alpha value is -2.29. The van der Waals surface area contributed by atoms with Gasteiger partial charge in [0, 0.05) is 24.0 Å². The van der Waals surface area contributed by atoms with E-state index in [-0.39, 0.29) is 17.5 Å². The van der Waals surface area contributed by atoms with Crippen LogP contribution in [0.15, 0.2) is 24.3 Å². The molecule has 0 radical (unpaired) electrons. The van der Waals surface area contributed by atoms with Gasteiger partial charge in [0.15, 0.2) is 0 Å². The van der Waals surface area contributed by atoms with Crippen molar-refractivity contribution in [2.45, 2.75) is 39.7 Å². The van der Waals surface area contributed by atoms with Gasteiger partial charge in [-0.25, -0.2) is 9.48 Å². The molecule has 0 spiro atoms. The van der Waals surface area contributed by atoms with Crippen LogP contribution in [0.1, 0.15) is 43.1 Å². The van der Waals surface area contributed by atoms with E-state index >= 15 is 0 Å². The molecule has 3 amide bonds. The van der Waals surface area contributed by atoms with E-state index in [4.69, 9.17) is 23.2 Å². The van der Waals surface area contributed by atoms with E-state index in [1.165, 1.54) is 11.3 Å². The molecule has 0 unspecified atom stereocenters. The van der Waals surface area contributed by atoms with Crippen molar-refractivity contribution in [2.24, 2.45) is 0 Å². The standard InChI is InChI=1S/C21H25Cl2N5O2S/c1-5-16-13-11-17(18(29)24-8-9-25-20(30)26-21(2,3)4)31-19(13)28(27-16)12-6-7-14(22)15(23)10-12/h6-7,10-11H,5,8-9H2,1-4H3,(H,24,29)(H2,25,26,30). The lowest BCUT2D eigenvalue weighted by molar-refractivity contribution is 0.0958. The average Bonchev–Trinajstić information content (AvgIpc) is 3.25. The van der Waals surface area contributed by atoms with Crippen LogP contribution in [0.3, 0.4) is 0 Å². The van der Waals surface area contributed by atoms with Gasteiger partial charge in [0.2, 0.25) is 0 Å². The molecule has 0 saturated heterocycles. The van der Waals surface area contributed by atoms with Crippen LogP contribution in [0.4, 0.5) is 4.79 Å². The van der Waals surface area contributed by atoms with Crippen LogP contribution in [0.2, 0.25) is 10.0 Å². The monoisotopic (exact) mass is 481 g/mol. The first kappa shape index (κ1) is 23.4. The molecule has 0 saturated carbocycles. The minimum Gasteiger partial charge on any atom is -0.350 e. The zero-order chi connectivity index (χ0) is 22.8. The number of carbonyl (C=O) groups excluding carboxylic acids is 2. The van der Waals surface area contributed by atoms with E-state index in [2.05, 4.69) is 21.0 Å². The zero-order valence-electron chi connectivity index (χ0n) is 17.8. The average molecular weight is 482 g/mol. The number of hydrogen-bond donors (Lipinski definition) is 3. The van der Waals surface area contributed by atoms with Gasteiger partial charge >= 0.3 is 6.03 Å². The summed E-state index contributed by atoms with van der Waals surface area (Å²) < 4.78 is 1.79. The second kappa shape index (κ2) is 9.46. The second-order valence-electron chi connectivity index (χ2n) is 8.03. The van der Waals surface area contributed by atoms with Crippen LogP contribution in [0.25, 0.3) is 15.9 Å². The number of amides is 3. The van der Waals surface area contributed by atoms with E-state index in [0.29, 0.717) is 28.0 Å². The molecule has 0 fully saturated rings. The molecule has 3 aromatic rings. The van der Waals surface area contributed by atoms with Crippen molar-refractivity contribution < 1.29 is 9.59 Å². The number of hydrogen-bond acceptors (Lipinski definition) is 4. The number of halogens is 2. The molecular formula is C21H25Cl2N5O2S. The van der Waals surface area contributed by atoms with Gasteiger partial charge in [0.05, 0.1) is 26.3 Å². The van der Waals surface area contributed by atoms with E-state index in [1.807, 2.05) is 39.8 Å². The Bertz CT molecular complexity index is 1120. The first-order valence-electron chi connectivity index (χ1n) is 9.90. The number of carbonyl (C=O) groups is 2. The molecule has 166 valence electrons. The van der Waals surface area contributed by atoms with Gasteiger partial charge in [-0.15, -0.1) is 11.3 Å². The highest BCUT2D eigenvalue weighted by atomic mass is 35.5. The molecule has 0 aliphatic carbocycles. The lowest BCUT2D eigenvalue weighted by Gasteiger charge is -2.20. The third kappa shape index (κ3) is 5.70. The minimum atomic E-state index is -0.316. The predicted molar refractivity (Wildman–Crippen MR) is 127 cm³/mol. The zero-order valence-corrected chi connectivity index (χ0v) is 20.1. The highest BCUT2D eigenvalue weighted by Gasteiger charge is 2.19. The first-order valence-corrected chi connectivity index (χ1v) is 11.5. The summed E-state index contributed by atoms with van der Waals surface area (Å²) in [5, 5.41) is 14.9. The summed E-state index contributed by atoms with van der Waals surface area (Å²) in [5.41, 5.74) is 1.36. The van der Waals surface area contributed by atoms with Crippen molar-refractivity contribution in [3.05, 3.63) is 44.9 Å². The SMILES string of the molecule is CCc1nn(-c2ccc(Cl)c(Cl)c2)c2sc(C(=O)NCCNC(=O)NC(C)(C)C)cc12. The fourth-order valence-electron chi connectivity index (χ4n) is 2.95. The molecule has 2 heterocycles. The third-order valence-electron chi connectivity index (χ3n) is 4.33. The van der Waals surface area contributed by atoms with Gasteiger partial charge in [-0.05, 0) is 51.5 Å². The van der Waals surface area contributed by atoms with E-state index in [0.717, 1.165) is 28.0 Å². The van der Waals surface area contributed by atoms with Crippen LogP contribution in [-0.2, 0) is 6.42 Å². The van der Waals surface area contributed by atoms with Crippen molar-refractivity contribution >= 4 is 56.7 Å². The van der Waals surface area contributed by atoms with Crippen LogP contribution in [0.5, 0.6) is 0 Å². The summed E-state index contributed by atoms with van der Waals surface area (Å²) in [4.78, 5) is 25.9. The molecule has 0 bridgehead atoms. The Kier molecular flexibility index (Phi) is 7.13. The first-order chi connectivity index (χ1) is 14.6. The maximum absolute atomic E-state index is 12.6. The van der Waals surface area contributed by atoms with E-state index < -0.39 is 0 Å². The molecule has 0 aliphatic rings. The molecule has 1 aromatic carbocycles. The van der Waals surface area contributed by atoms with Crippen LogP contribution in [-0.4, -0.2) is 40.3 Å². The number of fused-ring (bicyclic) bond motifs is 1.